The maximum Gasteiger partial charge on any atom is 0.433 e. The molecule has 1 fully saturated rings. The average Bonchev–Trinajstić information content (AvgIpc) is 2.61. The molecule has 0 aromatic carbocycles. The van der Waals surface area contributed by atoms with Crippen LogP contribution in [0.25, 0.3) is 11.5 Å². The normalized spacial score (nSPS) is 18.4. The predicted molar refractivity (Wildman–Crippen MR) is 92.3 cm³/mol. The largest absolute Gasteiger partial charge is 0.433 e. The first-order chi connectivity index (χ1) is 11.5. The van der Waals surface area contributed by atoms with Crippen LogP contribution >= 0.6 is 23.5 Å². The van der Waals surface area contributed by atoms with Crippen molar-refractivity contribution in [1.82, 2.24) is 15.0 Å². The summed E-state index contributed by atoms with van der Waals surface area (Å²) in [6.45, 7) is 0.577. The molecule has 9 heteroatoms. The van der Waals surface area contributed by atoms with Gasteiger partial charge < -0.3 is 5.32 Å². The Kier molecular flexibility index (Phi) is 5.50. The highest BCUT2D eigenvalue weighted by molar-refractivity contribution is 8.06. The molecule has 0 radical (unpaired) electrons. The molecule has 0 saturated carbocycles. The van der Waals surface area contributed by atoms with E-state index in [1.165, 1.54) is 6.20 Å². The summed E-state index contributed by atoms with van der Waals surface area (Å²) in [6, 6.07) is 5.92. The zero-order chi connectivity index (χ0) is 17.0. The van der Waals surface area contributed by atoms with Crippen molar-refractivity contribution < 1.29 is 13.2 Å². The minimum absolute atomic E-state index is 0.0291. The molecule has 1 atom stereocenters. The summed E-state index contributed by atoms with van der Waals surface area (Å²) >= 11 is 3.69. The monoisotopic (exact) mass is 372 g/mol. The van der Waals surface area contributed by atoms with Gasteiger partial charge in [0.2, 0.25) is 0 Å². The fourth-order valence-corrected chi connectivity index (χ4v) is 4.78. The highest BCUT2D eigenvalue weighted by Crippen LogP contribution is 2.31. The van der Waals surface area contributed by atoms with E-state index in [0.29, 0.717) is 17.5 Å². The zero-order valence-corrected chi connectivity index (χ0v) is 14.2. The van der Waals surface area contributed by atoms with E-state index in [9.17, 15) is 13.2 Å². The lowest BCUT2D eigenvalue weighted by atomic mass is 10.3. The van der Waals surface area contributed by atoms with Gasteiger partial charge in [0.15, 0.2) is 11.5 Å². The molecule has 0 aliphatic carbocycles. The summed E-state index contributed by atoms with van der Waals surface area (Å²) in [5.41, 5.74) is -0.652. The Bertz CT molecular complexity index is 676. The molecule has 1 aliphatic heterocycles. The Morgan fingerprint density at radius 1 is 1.21 bits per heavy atom. The van der Waals surface area contributed by atoms with Gasteiger partial charge >= 0.3 is 6.18 Å². The second kappa shape index (κ2) is 7.60. The second-order valence-corrected chi connectivity index (χ2v) is 7.68. The van der Waals surface area contributed by atoms with Crippen molar-refractivity contribution in [3.63, 3.8) is 0 Å². The zero-order valence-electron chi connectivity index (χ0n) is 12.6. The minimum Gasteiger partial charge on any atom is -0.369 e. The van der Waals surface area contributed by atoms with Crippen molar-refractivity contribution >= 4 is 29.3 Å². The highest BCUT2D eigenvalue weighted by atomic mass is 32.2. The first kappa shape index (κ1) is 17.3. The van der Waals surface area contributed by atoms with Gasteiger partial charge in [-0.3, -0.25) is 4.98 Å². The third-order valence-corrected chi connectivity index (χ3v) is 6.15. The van der Waals surface area contributed by atoms with Gasteiger partial charge in [0.05, 0.1) is 0 Å². The maximum atomic E-state index is 13.1. The number of alkyl halides is 3. The van der Waals surface area contributed by atoms with Crippen molar-refractivity contribution in [2.75, 3.05) is 29.1 Å². The van der Waals surface area contributed by atoms with Crippen LogP contribution < -0.4 is 5.32 Å². The first-order valence-electron chi connectivity index (χ1n) is 7.33. The van der Waals surface area contributed by atoms with Crippen molar-refractivity contribution in [3.8, 4) is 11.5 Å². The number of halogens is 3. The van der Waals surface area contributed by atoms with E-state index in [0.717, 1.165) is 23.3 Å². The van der Waals surface area contributed by atoms with Crippen LogP contribution in [0, 0.1) is 0 Å². The van der Waals surface area contributed by atoms with Gasteiger partial charge in [-0.15, -0.1) is 0 Å². The Morgan fingerprint density at radius 2 is 2.08 bits per heavy atom. The van der Waals surface area contributed by atoms with E-state index in [2.05, 4.69) is 20.3 Å². The van der Waals surface area contributed by atoms with E-state index >= 15 is 0 Å². The molecule has 0 bridgehead atoms. The van der Waals surface area contributed by atoms with Crippen LogP contribution in [-0.4, -0.2) is 44.0 Å². The Labute approximate surface area is 146 Å². The van der Waals surface area contributed by atoms with Crippen molar-refractivity contribution in [3.05, 3.63) is 36.2 Å². The first-order valence-corrected chi connectivity index (χ1v) is 9.53. The van der Waals surface area contributed by atoms with Gasteiger partial charge in [-0.25, -0.2) is 9.97 Å². The molecule has 128 valence electrons. The van der Waals surface area contributed by atoms with Gasteiger partial charge in [0.25, 0.3) is 0 Å². The molecule has 0 amide bonds. The minimum atomic E-state index is -4.53. The lowest BCUT2D eigenvalue weighted by Gasteiger charge is -2.21. The van der Waals surface area contributed by atoms with Gasteiger partial charge in [0, 0.05) is 41.3 Å². The number of nitrogens with one attached hydrogen (secondary N) is 1. The van der Waals surface area contributed by atoms with Crippen molar-refractivity contribution in [2.45, 2.75) is 11.4 Å². The summed E-state index contributed by atoms with van der Waals surface area (Å²) in [5, 5.41) is 3.39. The van der Waals surface area contributed by atoms with E-state index < -0.39 is 11.9 Å². The van der Waals surface area contributed by atoms with Gasteiger partial charge in [-0.05, 0) is 12.1 Å². The third-order valence-electron chi connectivity index (χ3n) is 3.31. The van der Waals surface area contributed by atoms with E-state index in [1.807, 2.05) is 23.5 Å². The van der Waals surface area contributed by atoms with Crippen molar-refractivity contribution in [2.24, 2.45) is 0 Å². The van der Waals surface area contributed by atoms with Gasteiger partial charge in [-0.2, -0.15) is 36.7 Å². The number of hydrogen-bond donors (Lipinski definition) is 1. The lowest BCUT2D eigenvalue weighted by molar-refractivity contribution is -0.141. The van der Waals surface area contributed by atoms with Crippen LogP contribution in [0.4, 0.5) is 19.0 Å². The van der Waals surface area contributed by atoms with Crippen LogP contribution in [0.3, 0.4) is 0 Å². The number of nitrogens with zero attached hydrogens (tertiary/aromatic N) is 3. The number of hydrogen-bond acceptors (Lipinski definition) is 6. The van der Waals surface area contributed by atoms with Crippen molar-refractivity contribution in [1.29, 1.82) is 0 Å². The van der Waals surface area contributed by atoms with Crippen LogP contribution in [0.15, 0.2) is 30.5 Å². The van der Waals surface area contributed by atoms with Gasteiger partial charge in [0.1, 0.15) is 11.5 Å². The van der Waals surface area contributed by atoms with Crippen LogP contribution in [-0.2, 0) is 6.18 Å². The molecular formula is C15H15F3N4S2. The van der Waals surface area contributed by atoms with Gasteiger partial charge in [-0.1, -0.05) is 6.07 Å². The fourth-order valence-electron chi connectivity index (χ4n) is 2.17. The SMILES string of the molecule is FC(F)(F)c1cc(NCC2CSCCS2)nc(-c2ccccn2)n1. The third kappa shape index (κ3) is 4.54. The Balaban J connectivity index is 1.84. The van der Waals surface area contributed by atoms with Crippen LogP contribution in [0.5, 0.6) is 0 Å². The smallest absolute Gasteiger partial charge is 0.369 e. The molecule has 3 rings (SSSR count). The molecule has 2 aromatic rings. The number of aromatic nitrogens is 3. The molecule has 0 spiro atoms. The molecule has 1 saturated heterocycles. The quantitative estimate of drug-likeness (QED) is 0.881. The van der Waals surface area contributed by atoms with Crippen LogP contribution in [0.1, 0.15) is 5.69 Å². The summed E-state index contributed by atoms with van der Waals surface area (Å²) in [5.74, 6) is 3.32. The molecular weight excluding hydrogens is 357 g/mol. The summed E-state index contributed by atoms with van der Waals surface area (Å²) in [7, 11) is 0. The Morgan fingerprint density at radius 3 is 2.75 bits per heavy atom. The molecule has 2 aromatic heterocycles. The Hall–Kier alpha value is -1.48. The number of anilines is 1. The summed E-state index contributed by atoms with van der Waals surface area (Å²) in [4.78, 5) is 11.9. The molecule has 3 heterocycles. The fraction of sp³-hybridized carbons (Fsp3) is 0.400. The lowest BCUT2D eigenvalue weighted by Crippen LogP contribution is -2.24. The standard InChI is InChI=1S/C15H15F3N4S2/c16-15(17,18)12-7-13(20-8-10-9-23-5-6-24-10)22-14(21-12)11-3-1-2-4-19-11/h1-4,7,10H,5-6,8-9H2,(H,20,21,22). The molecule has 4 nitrogen and oxygen atoms in total. The van der Waals surface area contributed by atoms with E-state index in [4.69, 9.17) is 0 Å². The summed E-state index contributed by atoms with van der Waals surface area (Å²) in [6.07, 6.45) is -3.03. The average molecular weight is 372 g/mol. The maximum absolute atomic E-state index is 13.1. The topological polar surface area (TPSA) is 50.7 Å². The number of thioether (sulfide) groups is 2. The van der Waals surface area contributed by atoms with Crippen LogP contribution in [0.2, 0.25) is 0 Å². The summed E-state index contributed by atoms with van der Waals surface area (Å²) < 4.78 is 39.3. The molecule has 24 heavy (non-hydrogen) atoms. The van der Waals surface area contributed by atoms with E-state index in [-0.39, 0.29) is 11.6 Å². The predicted octanol–water partition coefficient (Wildman–Crippen LogP) is 3.82. The highest BCUT2D eigenvalue weighted by Gasteiger charge is 2.34. The number of rotatable bonds is 4. The number of pyridine rings is 1. The van der Waals surface area contributed by atoms with E-state index in [1.54, 1.807) is 18.2 Å². The second-order valence-electron chi connectivity index (χ2n) is 5.12. The molecule has 1 aliphatic rings. The molecule has 1 unspecified atom stereocenters. The molecule has 1 N–H and O–H groups in total.